The van der Waals surface area contributed by atoms with Gasteiger partial charge in [-0.1, -0.05) is 41.9 Å². The van der Waals surface area contributed by atoms with E-state index in [4.69, 9.17) is 17.3 Å². The number of halogens is 1. The van der Waals surface area contributed by atoms with E-state index in [1.807, 2.05) is 36.4 Å². The second-order valence-electron chi connectivity index (χ2n) is 4.80. The van der Waals surface area contributed by atoms with Crippen molar-refractivity contribution in [1.82, 2.24) is 9.97 Å². The predicted octanol–water partition coefficient (Wildman–Crippen LogP) is 3.62. The molecule has 112 valence electrons. The molecule has 0 spiro atoms. The number of phenols is 1. The van der Waals surface area contributed by atoms with Crippen LogP contribution in [0.4, 0.5) is 5.82 Å². The first-order valence-corrected chi connectivity index (χ1v) is 7.10. The molecule has 3 N–H and O–H groups in total. The Morgan fingerprint density at radius 1 is 1.09 bits per heavy atom. The van der Waals surface area contributed by atoms with Crippen molar-refractivity contribution in [3.8, 4) is 34.5 Å². The molecular formula is C17H11ClN4O. The summed E-state index contributed by atoms with van der Waals surface area (Å²) >= 11 is 5.97. The third-order valence-electron chi connectivity index (χ3n) is 3.30. The first-order chi connectivity index (χ1) is 11.1. The maximum atomic E-state index is 10.0. The highest BCUT2D eigenvalue weighted by atomic mass is 35.5. The third kappa shape index (κ3) is 2.80. The van der Waals surface area contributed by atoms with Crippen LogP contribution >= 0.6 is 11.6 Å². The van der Waals surface area contributed by atoms with Gasteiger partial charge < -0.3 is 10.8 Å². The van der Waals surface area contributed by atoms with Crippen LogP contribution in [0, 0.1) is 11.3 Å². The Labute approximate surface area is 137 Å². The van der Waals surface area contributed by atoms with Gasteiger partial charge in [0.25, 0.3) is 0 Å². The van der Waals surface area contributed by atoms with E-state index in [-0.39, 0.29) is 23.0 Å². The maximum Gasteiger partial charge on any atom is 0.166 e. The largest absolute Gasteiger partial charge is 0.507 e. The minimum Gasteiger partial charge on any atom is -0.507 e. The molecule has 1 heterocycles. The molecule has 0 bridgehead atoms. The molecule has 0 aliphatic carbocycles. The Balaban J connectivity index is 2.27. The lowest BCUT2D eigenvalue weighted by atomic mass is 10.1. The fraction of sp³-hybridized carbons (Fsp3) is 0. The number of hydrogen-bond donors (Lipinski definition) is 2. The first-order valence-electron chi connectivity index (χ1n) is 6.72. The van der Waals surface area contributed by atoms with Gasteiger partial charge in [-0.3, -0.25) is 0 Å². The van der Waals surface area contributed by atoms with E-state index in [9.17, 15) is 10.4 Å². The molecule has 0 aliphatic heterocycles. The van der Waals surface area contributed by atoms with Crippen molar-refractivity contribution in [2.24, 2.45) is 0 Å². The van der Waals surface area contributed by atoms with Crippen LogP contribution < -0.4 is 5.73 Å². The molecule has 0 fully saturated rings. The number of aromatic hydroxyl groups is 1. The summed E-state index contributed by atoms with van der Waals surface area (Å²) in [5, 5.41) is 19.8. The van der Waals surface area contributed by atoms with E-state index in [1.165, 1.54) is 6.07 Å². The fourth-order valence-electron chi connectivity index (χ4n) is 2.20. The minimum absolute atomic E-state index is 0.0162. The summed E-state index contributed by atoms with van der Waals surface area (Å²) < 4.78 is 0. The van der Waals surface area contributed by atoms with Crippen molar-refractivity contribution < 1.29 is 5.11 Å². The van der Waals surface area contributed by atoms with E-state index in [1.54, 1.807) is 12.1 Å². The highest BCUT2D eigenvalue weighted by Crippen LogP contribution is 2.33. The number of aromatic nitrogens is 2. The van der Waals surface area contributed by atoms with Crippen LogP contribution in [0.1, 0.15) is 5.56 Å². The van der Waals surface area contributed by atoms with Gasteiger partial charge in [0.15, 0.2) is 5.82 Å². The van der Waals surface area contributed by atoms with Gasteiger partial charge >= 0.3 is 0 Å². The highest BCUT2D eigenvalue weighted by molar-refractivity contribution is 6.30. The minimum atomic E-state index is -0.0162. The molecule has 0 atom stereocenters. The lowest BCUT2D eigenvalue weighted by molar-refractivity contribution is 0.477. The Hall–Kier alpha value is -3.10. The standard InChI is InChI=1S/C17H11ClN4O/c18-11-6-7-14(23)12(8-11)17-21-15(10-4-2-1-3-5-10)13(9-19)16(20)22-17/h1-8,23H,(H2,20,21,22). The average molecular weight is 323 g/mol. The zero-order valence-corrected chi connectivity index (χ0v) is 12.6. The van der Waals surface area contributed by atoms with Crippen molar-refractivity contribution in [3.63, 3.8) is 0 Å². The molecule has 0 amide bonds. The number of rotatable bonds is 2. The summed E-state index contributed by atoms with van der Waals surface area (Å²) in [5.74, 6) is 0.244. The summed E-state index contributed by atoms with van der Waals surface area (Å²) in [6, 6.07) is 15.8. The van der Waals surface area contributed by atoms with Gasteiger partial charge in [0.05, 0.1) is 11.3 Å². The number of hydrogen-bond acceptors (Lipinski definition) is 5. The topological polar surface area (TPSA) is 95.8 Å². The number of nitriles is 1. The summed E-state index contributed by atoms with van der Waals surface area (Å²) in [5.41, 5.74) is 7.60. The van der Waals surface area contributed by atoms with Gasteiger partial charge in [-0.05, 0) is 18.2 Å². The molecule has 0 unspecified atom stereocenters. The van der Waals surface area contributed by atoms with Crippen molar-refractivity contribution in [3.05, 3.63) is 59.1 Å². The zero-order chi connectivity index (χ0) is 16.4. The Bertz CT molecular complexity index is 920. The van der Waals surface area contributed by atoms with Gasteiger partial charge in [-0.2, -0.15) is 5.26 Å². The lowest BCUT2D eigenvalue weighted by Gasteiger charge is -2.10. The normalized spacial score (nSPS) is 10.3. The second kappa shape index (κ2) is 5.95. The third-order valence-corrected chi connectivity index (χ3v) is 3.53. The quantitative estimate of drug-likeness (QED) is 0.751. The van der Waals surface area contributed by atoms with Crippen LogP contribution in [-0.4, -0.2) is 15.1 Å². The smallest absolute Gasteiger partial charge is 0.166 e. The number of nitrogens with zero attached hydrogens (tertiary/aromatic N) is 3. The van der Waals surface area contributed by atoms with Gasteiger partial charge in [-0.15, -0.1) is 0 Å². The van der Waals surface area contributed by atoms with Crippen LogP contribution in [0.25, 0.3) is 22.6 Å². The maximum absolute atomic E-state index is 10.0. The molecule has 0 aliphatic rings. The van der Waals surface area contributed by atoms with E-state index in [0.717, 1.165) is 5.56 Å². The van der Waals surface area contributed by atoms with Crippen molar-refractivity contribution >= 4 is 17.4 Å². The number of phenolic OH excluding ortho intramolecular Hbond substituents is 1. The Morgan fingerprint density at radius 3 is 2.52 bits per heavy atom. The van der Waals surface area contributed by atoms with Crippen molar-refractivity contribution in [2.75, 3.05) is 5.73 Å². The summed E-state index contributed by atoms with van der Waals surface area (Å²) in [7, 11) is 0. The molecule has 5 nitrogen and oxygen atoms in total. The Kier molecular flexibility index (Phi) is 3.83. The van der Waals surface area contributed by atoms with Crippen LogP contribution in [0.5, 0.6) is 5.75 Å². The van der Waals surface area contributed by atoms with E-state index in [0.29, 0.717) is 16.3 Å². The Morgan fingerprint density at radius 2 is 1.83 bits per heavy atom. The number of nitrogens with two attached hydrogens (primary N) is 1. The molecule has 0 saturated carbocycles. The van der Waals surface area contributed by atoms with Crippen LogP contribution in [0.15, 0.2) is 48.5 Å². The van der Waals surface area contributed by atoms with Crippen molar-refractivity contribution in [1.29, 1.82) is 5.26 Å². The molecule has 3 aromatic rings. The molecule has 1 aromatic heterocycles. The lowest BCUT2D eigenvalue weighted by Crippen LogP contribution is -2.03. The molecule has 0 saturated heterocycles. The predicted molar refractivity (Wildman–Crippen MR) is 88.7 cm³/mol. The molecule has 23 heavy (non-hydrogen) atoms. The zero-order valence-electron chi connectivity index (χ0n) is 11.9. The fourth-order valence-corrected chi connectivity index (χ4v) is 2.37. The van der Waals surface area contributed by atoms with E-state index >= 15 is 0 Å². The second-order valence-corrected chi connectivity index (χ2v) is 5.23. The van der Waals surface area contributed by atoms with Crippen LogP contribution in [-0.2, 0) is 0 Å². The first kappa shape index (κ1) is 14.8. The van der Waals surface area contributed by atoms with Gasteiger partial charge in [-0.25, -0.2) is 9.97 Å². The molecular weight excluding hydrogens is 312 g/mol. The summed E-state index contributed by atoms with van der Waals surface area (Å²) in [6.45, 7) is 0. The molecule has 2 aromatic carbocycles. The van der Waals surface area contributed by atoms with E-state index < -0.39 is 0 Å². The summed E-state index contributed by atoms with van der Waals surface area (Å²) in [6.07, 6.45) is 0. The summed E-state index contributed by atoms with van der Waals surface area (Å²) in [4.78, 5) is 8.54. The highest BCUT2D eigenvalue weighted by Gasteiger charge is 2.17. The SMILES string of the molecule is N#Cc1c(N)nc(-c2cc(Cl)ccc2O)nc1-c1ccccc1. The molecule has 3 rings (SSSR count). The van der Waals surface area contributed by atoms with Crippen molar-refractivity contribution in [2.45, 2.75) is 0 Å². The monoisotopic (exact) mass is 322 g/mol. The van der Waals surface area contributed by atoms with E-state index in [2.05, 4.69) is 9.97 Å². The van der Waals surface area contributed by atoms with Crippen LogP contribution in [0.3, 0.4) is 0 Å². The molecule has 0 radical (unpaired) electrons. The molecule has 6 heteroatoms. The van der Waals surface area contributed by atoms with Gasteiger partial charge in [0, 0.05) is 10.6 Å². The van der Waals surface area contributed by atoms with Gasteiger partial charge in [0.2, 0.25) is 0 Å². The number of nitrogen functional groups attached to an aromatic ring is 1. The number of benzene rings is 2. The number of anilines is 1. The average Bonchev–Trinajstić information content (AvgIpc) is 2.57. The van der Waals surface area contributed by atoms with Crippen LogP contribution in [0.2, 0.25) is 5.02 Å². The van der Waals surface area contributed by atoms with Gasteiger partial charge in [0.1, 0.15) is 23.2 Å².